The van der Waals surface area contributed by atoms with Crippen molar-refractivity contribution in [3.8, 4) is 0 Å². The highest BCUT2D eigenvalue weighted by Crippen LogP contribution is 2.28. The zero-order valence-electron chi connectivity index (χ0n) is 9.39. The van der Waals surface area contributed by atoms with E-state index in [9.17, 15) is 4.79 Å². The fourth-order valence-corrected chi connectivity index (χ4v) is 1.36. The predicted molar refractivity (Wildman–Crippen MR) is 57.7 cm³/mol. The number of hydrogen-bond donors (Lipinski definition) is 0. The van der Waals surface area contributed by atoms with Gasteiger partial charge in [-0.3, -0.25) is 4.79 Å². The van der Waals surface area contributed by atoms with E-state index in [4.69, 9.17) is 0 Å². The number of unbranched alkanes of at least 4 members (excludes halogenated alkanes) is 2. The van der Waals surface area contributed by atoms with Gasteiger partial charge in [-0.05, 0) is 24.3 Å². The third-order valence-electron chi connectivity index (χ3n) is 2.28. The lowest BCUT2D eigenvalue weighted by molar-refractivity contribution is -0.104. The molecule has 0 heterocycles. The molecule has 0 radical (unpaired) electrons. The van der Waals surface area contributed by atoms with Gasteiger partial charge in [-0.2, -0.15) is 0 Å². The van der Waals surface area contributed by atoms with Gasteiger partial charge in [0, 0.05) is 0 Å². The van der Waals surface area contributed by atoms with Crippen molar-refractivity contribution in [3.05, 3.63) is 11.6 Å². The Morgan fingerprint density at radius 2 is 1.85 bits per heavy atom. The Bertz CT molecular complexity index is 172. The van der Waals surface area contributed by atoms with Gasteiger partial charge < -0.3 is 0 Å². The highest BCUT2D eigenvalue weighted by Gasteiger charge is 2.15. The van der Waals surface area contributed by atoms with Crippen LogP contribution in [0, 0.1) is 5.41 Å². The Hall–Kier alpha value is -0.590. The zero-order chi connectivity index (χ0) is 10.3. The summed E-state index contributed by atoms with van der Waals surface area (Å²) in [5.74, 6) is 0. The second kappa shape index (κ2) is 5.95. The lowest BCUT2D eigenvalue weighted by Gasteiger charge is -2.22. The molecule has 1 nitrogen and oxygen atoms in total. The number of carbonyl (C=O) groups is 1. The summed E-state index contributed by atoms with van der Waals surface area (Å²) in [6.07, 6.45) is 7.40. The summed E-state index contributed by atoms with van der Waals surface area (Å²) < 4.78 is 0. The molecule has 0 aliphatic carbocycles. The lowest BCUT2D eigenvalue weighted by Crippen LogP contribution is -2.09. The van der Waals surface area contributed by atoms with Gasteiger partial charge in [-0.25, -0.2) is 0 Å². The lowest BCUT2D eigenvalue weighted by atomic mass is 9.83. The molecular weight excluding hydrogens is 160 g/mol. The number of hydrogen-bond acceptors (Lipinski definition) is 1. The molecule has 13 heavy (non-hydrogen) atoms. The first-order valence-electron chi connectivity index (χ1n) is 5.17. The third kappa shape index (κ3) is 5.62. The molecule has 0 saturated heterocycles. The van der Waals surface area contributed by atoms with Crippen molar-refractivity contribution < 1.29 is 4.79 Å². The first-order chi connectivity index (χ1) is 6.02. The third-order valence-corrected chi connectivity index (χ3v) is 2.28. The second-order valence-corrected chi connectivity index (χ2v) is 4.54. The van der Waals surface area contributed by atoms with E-state index in [-0.39, 0.29) is 5.41 Å². The molecule has 0 aromatic rings. The van der Waals surface area contributed by atoms with E-state index in [1.165, 1.54) is 24.8 Å². The highest BCUT2D eigenvalue weighted by molar-refractivity contribution is 5.66. The van der Waals surface area contributed by atoms with Crippen LogP contribution in [0.15, 0.2) is 11.6 Å². The summed E-state index contributed by atoms with van der Waals surface area (Å²) in [6.45, 7) is 8.68. The van der Waals surface area contributed by atoms with Crippen LogP contribution in [0.1, 0.15) is 53.4 Å². The predicted octanol–water partition coefficient (Wildman–Crippen LogP) is 3.74. The topological polar surface area (TPSA) is 17.1 Å². The summed E-state index contributed by atoms with van der Waals surface area (Å²) in [4.78, 5) is 10.4. The van der Waals surface area contributed by atoms with Gasteiger partial charge in [-0.15, -0.1) is 0 Å². The maximum atomic E-state index is 10.4. The first kappa shape index (κ1) is 12.4. The Morgan fingerprint density at radius 1 is 1.23 bits per heavy atom. The minimum atomic E-state index is 0.147. The Labute approximate surface area is 82.2 Å². The van der Waals surface area contributed by atoms with Gasteiger partial charge in [0.15, 0.2) is 0 Å². The van der Waals surface area contributed by atoms with Crippen molar-refractivity contribution in [2.45, 2.75) is 53.4 Å². The summed E-state index contributed by atoms with van der Waals surface area (Å²) in [7, 11) is 0. The van der Waals surface area contributed by atoms with Gasteiger partial charge in [-0.1, -0.05) is 46.1 Å². The van der Waals surface area contributed by atoms with E-state index in [0.717, 1.165) is 12.7 Å². The van der Waals surface area contributed by atoms with Crippen LogP contribution in [-0.4, -0.2) is 6.29 Å². The fraction of sp³-hybridized carbons (Fsp3) is 0.750. The summed E-state index contributed by atoms with van der Waals surface area (Å²) in [5, 5.41) is 0. The molecule has 0 fully saturated rings. The van der Waals surface area contributed by atoms with E-state index >= 15 is 0 Å². The molecular formula is C12H22O. The van der Waals surface area contributed by atoms with Crippen molar-refractivity contribution in [2.75, 3.05) is 0 Å². The number of aldehydes is 1. The summed E-state index contributed by atoms with van der Waals surface area (Å²) in [5.41, 5.74) is 1.42. The minimum Gasteiger partial charge on any atom is -0.299 e. The Morgan fingerprint density at radius 3 is 2.23 bits per heavy atom. The molecule has 0 amide bonds. The van der Waals surface area contributed by atoms with Gasteiger partial charge in [0.2, 0.25) is 0 Å². The SMILES string of the molecule is CCCCC/C(=C\C=O)C(C)(C)C. The van der Waals surface area contributed by atoms with Crippen molar-refractivity contribution in [1.82, 2.24) is 0 Å². The fourth-order valence-electron chi connectivity index (χ4n) is 1.36. The van der Waals surface area contributed by atoms with Crippen molar-refractivity contribution in [3.63, 3.8) is 0 Å². The molecule has 0 bridgehead atoms. The van der Waals surface area contributed by atoms with E-state index in [1.54, 1.807) is 6.08 Å². The van der Waals surface area contributed by atoms with Crippen molar-refractivity contribution in [1.29, 1.82) is 0 Å². The van der Waals surface area contributed by atoms with E-state index in [1.807, 2.05) is 0 Å². The van der Waals surface area contributed by atoms with Crippen LogP contribution in [0.25, 0.3) is 0 Å². The quantitative estimate of drug-likeness (QED) is 0.359. The van der Waals surface area contributed by atoms with Crippen LogP contribution < -0.4 is 0 Å². The normalized spacial score (nSPS) is 13.1. The van der Waals surface area contributed by atoms with Crippen LogP contribution in [0.5, 0.6) is 0 Å². The number of carbonyl (C=O) groups excluding carboxylic acids is 1. The van der Waals surface area contributed by atoms with Gasteiger partial charge in [0.1, 0.15) is 6.29 Å². The van der Waals surface area contributed by atoms with E-state index < -0.39 is 0 Å². The molecule has 0 aromatic heterocycles. The maximum absolute atomic E-state index is 10.4. The molecule has 0 atom stereocenters. The average molecular weight is 182 g/mol. The van der Waals surface area contributed by atoms with Gasteiger partial charge >= 0.3 is 0 Å². The molecule has 0 aromatic carbocycles. The van der Waals surface area contributed by atoms with Crippen LogP contribution in [0.4, 0.5) is 0 Å². The van der Waals surface area contributed by atoms with Gasteiger partial charge in [0.25, 0.3) is 0 Å². The molecule has 0 rings (SSSR count). The van der Waals surface area contributed by atoms with E-state index in [2.05, 4.69) is 27.7 Å². The van der Waals surface area contributed by atoms with Crippen LogP contribution in [0.2, 0.25) is 0 Å². The molecule has 0 aliphatic rings. The number of allylic oxidation sites excluding steroid dienone is 2. The Kier molecular flexibility index (Phi) is 5.68. The van der Waals surface area contributed by atoms with Crippen LogP contribution in [0.3, 0.4) is 0 Å². The van der Waals surface area contributed by atoms with Crippen molar-refractivity contribution in [2.24, 2.45) is 5.41 Å². The van der Waals surface area contributed by atoms with Gasteiger partial charge in [0.05, 0.1) is 0 Å². The molecule has 0 unspecified atom stereocenters. The monoisotopic (exact) mass is 182 g/mol. The smallest absolute Gasteiger partial charge is 0.142 e. The van der Waals surface area contributed by atoms with Crippen LogP contribution in [-0.2, 0) is 4.79 Å². The molecule has 76 valence electrons. The van der Waals surface area contributed by atoms with E-state index in [0.29, 0.717) is 0 Å². The zero-order valence-corrected chi connectivity index (χ0v) is 9.39. The Balaban J connectivity index is 4.12. The first-order valence-corrected chi connectivity index (χ1v) is 5.17. The standard InChI is InChI=1S/C12H22O/c1-5-6-7-8-11(9-10-13)12(2,3)4/h9-10H,5-8H2,1-4H3/b11-9+. The highest BCUT2D eigenvalue weighted by atomic mass is 16.1. The summed E-state index contributed by atoms with van der Waals surface area (Å²) >= 11 is 0. The number of rotatable bonds is 5. The molecule has 0 spiro atoms. The largest absolute Gasteiger partial charge is 0.299 e. The molecule has 1 heteroatoms. The molecule has 0 N–H and O–H groups in total. The molecule has 0 saturated carbocycles. The van der Waals surface area contributed by atoms with Crippen molar-refractivity contribution >= 4 is 6.29 Å². The van der Waals surface area contributed by atoms with Crippen LogP contribution >= 0.6 is 0 Å². The maximum Gasteiger partial charge on any atom is 0.142 e. The molecule has 0 aliphatic heterocycles. The second-order valence-electron chi connectivity index (χ2n) is 4.54. The minimum absolute atomic E-state index is 0.147. The summed E-state index contributed by atoms with van der Waals surface area (Å²) in [6, 6.07) is 0. The average Bonchev–Trinajstić information content (AvgIpc) is 2.01.